The summed E-state index contributed by atoms with van der Waals surface area (Å²) in [6, 6.07) is 1.34. The minimum Gasteiger partial charge on any atom is -0.463 e. The van der Waals surface area contributed by atoms with Gasteiger partial charge in [-0.25, -0.2) is 4.79 Å². The van der Waals surface area contributed by atoms with Crippen LogP contribution in [0, 0.1) is 5.92 Å². The minimum atomic E-state index is -0.487. The van der Waals surface area contributed by atoms with Crippen LogP contribution in [0.1, 0.15) is 57.6 Å². The molecule has 1 aromatic rings. The largest absolute Gasteiger partial charge is 0.463 e. The van der Waals surface area contributed by atoms with E-state index in [0.29, 0.717) is 36.8 Å². The maximum atomic E-state index is 12.2. The Morgan fingerprint density at radius 3 is 2.58 bits per heavy atom. The first-order valence-corrected chi connectivity index (χ1v) is 9.16. The molecule has 1 aliphatic heterocycles. The lowest BCUT2D eigenvalue weighted by Crippen LogP contribution is -2.41. The molecule has 144 valence electrons. The van der Waals surface area contributed by atoms with Crippen molar-refractivity contribution < 1.29 is 19.1 Å². The zero-order valence-electron chi connectivity index (χ0n) is 16.1. The number of rotatable bonds is 4. The summed E-state index contributed by atoms with van der Waals surface area (Å²) in [5.41, 5.74) is -0.0852. The number of carbonyl (C=O) groups excluding carboxylic acids is 1. The molecule has 0 radical (unpaired) electrons. The van der Waals surface area contributed by atoms with E-state index in [-0.39, 0.29) is 23.9 Å². The Hall–Kier alpha value is -2.08. The monoisotopic (exact) mass is 363 g/mol. The molecule has 6 heteroatoms. The van der Waals surface area contributed by atoms with Gasteiger partial charge in [0.2, 0.25) is 0 Å². The summed E-state index contributed by atoms with van der Waals surface area (Å²) in [6.07, 6.45) is 5.82. The van der Waals surface area contributed by atoms with E-state index >= 15 is 0 Å². The molecule has 0 aromatic carbocycles. The van der Waals surface area contributed by atoms with E-state index in [1.165, 1.54) is 6.07 Å². The number of carbonyl (C=O) groups is 1. The quantitative estimate of drug-likeness (QED) is 0.887. The first-order chi connectivity index (χ1) is 12.2. The fraction of sp³-hybridized carbons (Fsp3) is 0.600. The molecular formula is C20H29NO5. The molecule has 0 bridgehead atoms. The van der Waals surface area contributed by atoms with Crippen molar-refractivity contribution in [3.8, 4) is 0 Å². The van der Waals surface area contributed by atoms with Gasteiger partial charge in [0.05, 0.1) is 5.56 Å². The van der Waals surface area contributed by atoms with Crippen molar-refractivity contribution in [3.63, 3.8) is 0 Å². The maximum absolute atomic E-state index is 12.2. The van der Waals surface area contributed by atoms with Crippen molar-refractivity contribution in [1.82, 2.24) is 4.90 Å². The molecular weight excluding hydrogens is 334 g/mol. The van der Waals surface area contributed by atoms with Crippen LogP contribution >= 0.6 is 0 Å². The van der Waals surface area contributed by atoms with Crippen molar-refractivity contribution in [1.29, 1.82) is 0 Å². The highest BCUT2D eigenvalue weighted by Crippen LogP contribution is 2.22. The zero-order chi connectivity index (χ0) is 19.3. The third kappa shape index (κ3) is 5.46. The molecule has 0 spiro atoms. The SMILES string of the molecule is CCc1oc(CO)cc(=O)c1/C=C/C1CCN(C(=O)OC(C)(C)C)CC1. The van der Waals surface area contributed by atoms with Gasteiger partial charge in [-0.3, -0.25) is 4.79 Å². The van der Waals surface area contributed by atoms with Gasteiger partial charge >= 0.3 is 6.09 Å². The first-order valence-electron chi connectivity index (χ1n) is 9.16. The van der Waals surface area contributed by atoms with Crippen molar-refractivity contribution >= 4 is 12.2 Å². The van der Waals surface area contributed by atoms with Crippen LogP contribution < -0.4 is 5.43 Å². The van der Waals surface area contributed by atoms with E-state index < -0.39 is 5.60 Å². The first kappa shape index (κ1) is 20.2. The van der Waals surface area contributed by atoms with E-state index in [0.717, 1.165) is 12.8 Å². The number of allylic oxidation sites excluding steroid dienone is 1. The fourth-order valence-electron chi connectivity index (χ4n) is 2.95. The highest BCUT2D eigenvalue weighted by Gasteiger charge is 2.26. The van der Waals surface area contributed by atoms with Gasteiger partial charge < -0.3 is 19.2 Å². The number of hydrogen-bond acceptors (Lipinski definition) is 5. The highest BCUT2D eigenvalue weighted by atomic mass is 16.6. The molecule has 6 nitrogen and oxygen atoms in total. The molecule has 1 aliphatic rings. The number of nitrogens with zero attached hydrogens (tertiary/aromatic N) is 1. The van der Waals surface area contributed by atoms with E-state index in [2.05, 4.69) is 0 Å². The Balaban J connectivity index is 1.99. The number of aliphatic hydroxyl groups is 1. The maximum Gasteiger partial charge on any atom is 0.410 e. The molecule has 2 rings (SSSR count). The highest BCUT2D eigenvalue weighted by molar-refractivity contribution is 5.68. The summed E-state index contributed by atoms with van der Waals surface area (Å²) in [4.78, 5) is 26.1. The molecule has 0 atom stereocenters. The van der Waals surface area contributed by atoms with Gasteiger partial charge in [0.15, 0.2) is 5.43 Å². The van der Waals surface area contributed by atoms with Gasteiger partial charge in [-0.15, -0.1) is 0 Å². The summed E-state index contributed by atoms with van der Waals surface area (Å²) in [6.45, 7) is 8.49. The van der Waals surface area contributed by atoms with E-state index in [9.17, 15) is 9.59 Å². The lowest BCUT2D eigenvalue weighted by Gasteiger charge is -2.32. The second kappa shape index (κ2) is 8.54. The Kier molecular flexibility index (Phi) is 6.64. The van der Waals surface area contributed by atoms with Crippen LogP contribution in [-0.2, 0) is 17.8 Å². The smallest absolute Gasteiger partial charge is 0.410 e. The molecule has 1 saturated heterocycles. The summed E-state index contributed by atoms with van der Waals surface area (Å²) in [5.74, 6) is 1.17. The van der Waals surface area contributed by atoms with E-state index in [1.807, 2.05) is 39.8 Å². The Morgan fingerprint density at radius 2 is 2.04 bits per heavy atom. The Bertz CT molecular complexity index is 706. The van der Waals surface area contributed by atoms with Gasteiger partial charge in [-0.1, -0.05) is 19.1 Å². The van der Waals surface area contributed by atoms with Crippen molar-refractivity contribution in [3.05, 3.63) is 39.4 Å². The molecule has 1 amide bonds. The number of amides is 1. The van der Waals surface area contributed by atoms with Crippen molar-refractivity contribution in [2.24, 2.45) is 5.92 Å². The molecule has 0 saturated carbocycles. The van der Waals surface area contributed by atoms with Crippen LogP contribution in [0.3, 0.4) is 0 Å². The second-order valence-electron chi connectivity index (χ2n) is 7.59. The van der Waals surface area contributed by atoms with Crippen LogP contribution in [0.25, 0.3) is 6.08 Å². The normalized spacial score (nSPS) is 16.3. The van der Waals surface area contributed by atoms with Gasteiger partial charge in [-0.05, 0) is 39.5 Å². The van der Waals surface area contributed by atoms with Gasteiger partial charge in [-0.2, -0.15) is 0 Å². The van der Waals surface area contributed by atoms with Crippen molar-refractivity contribution in [2.75, 3.05) is 13.1 Å². The Labute approximate surface area is 154 Å². The van der Waals surface area contributed by atoms with Gasteiger partial charge in [0.25, 0.3) is 0 Å². The minimum absolute atomic E-state index is 0.139. The van der Waals surface area contributed by atoms with Crippen LogP contribution in [-0.4, -0.2) is 34.8 Å². The lowest BCUT2D eigenvalue weighted by atomic mass is 9.95. The van der Waals surface area contributed by atoms with E-state index in [1.54, 1.807) is 4.90 Å². The van der Waals surface area contributed by atoms with E-state index in [4.69, 9.17) is 14.3 Å². The topological polar surface area (TPSA) is 80.0 Å². The number of aliphatic hydroxyl groups excluding tert-OH is 1. The Morgan fingerprint density at radius 1 is 1.38 bits per heavy atom. The lowest BCUT2D eigenvalue weighted by molar-refractivity contribution is 0.0197. The predicted molar refractivity (Wildman–Crippen MR) is 99.8 cm³/mol. The van der Waals surface area contributed by atoms with Gasteiger partial charge in [0.1, 0.15) is 23.7 Å². The number of hydrogen-bond donors (Lipinski definition) is 1. The summed E-state index contributed by atoms with van der Waals surface area (Å²) in [5, 5.41) is 9.15. The molecule has 1 fully saturated rings. The summed E-state index contributed by atoms with van der Waals surface area (Å²) < 4.78 is 11.0. The molecule has 2 heterocycles. The number of aryl methyl sites for hydroxylation is 1. The van der Waals surface area contributed by atoms with Crippen LogP contribution in [0.2, 0.25) is 0 Å². The number of piperidine rings is 1. The van der Waals surface area contributed by atoms with Crippen molar-refractivity contribution in [2.45, 2.75) is 59.2 Å². The third-order valence-corrected chi connectivity index (χ3v) is 4.32. The number of ether oxygens (including phenoxy) is 1. The predicted octanol–water partition coefficient (Wildman–Crippen LogP) is 3.35. The molecule has 1 N–H and O–H groups in total. The van der Waals surface area contributed by atoms with Gasteiger partial charge in [0, 0.05) is 25.6 Å². The van der Waals surface area contributed by atoms with Crippen LogP contribution in [0.5, 0.6) is 0 Å². The summed E-state index contributed by atoms with van der Waals surface area (Å²) >= 11 is 0. The molecule has 1 aromatic heterocycles. The standard InChI is InChI=1S/C20H29NO5/c1-5-18-16(17(23)12-15(13-22)25-18)7-6-14-8-10-21(11-9-14)19(24)26-20(2,3)4/h6-7,12,14,22H,5,8-11,13H2,1-4H3/b7-6+. The zero-order valence-corrected chi connectivity index (χ0v) is 16.1. The third-order valence-electron chi connectivity index (χ3n) is 4.32. The fourth-order valence-corrected chi connectivity index (χ4v) is 2.95. The average molecular weight is 363 g/mol. The second-order valence-corrected chi connectivity index (χ2v) is 7.59. The molecule has 0 aliphatic carbocycles. The number of likely N-dealkylation sites (tertiary alicyclic amines) is 1. The van der Waals surface area contributed by atoms with Crippen LogP contribution in [0.15, 0.2) is 21.4 Å². The summed E-state index contributed by atoms with van der Waals surface area (Å²) in [7, 11) is 0. The average Bonchev–Trinajstić information content (AvgIpc) is 2.59. The van der Waals surface area contributed by atoms with Crippen LogP contribution in [0.4, 0.5) is 4.79 Å². The molecule has 26 heavy (non-hydrogen) atoms. The molecule has 0 unspecified atom stereocenters.